The lowest BCUT2D eigenvalue weighted by Gasteiger charge is -2.12. The zero-order valence-corrected chi connectivity index (χ0v) is 13.5. The molecule has 0 saturated heterocycles. The van der Waals surface area contributed by atoms with Crippen molar-refractivity contribution in [2.75, 3.05) is 0 Å². The van der Waals surface area contributed by atoms with Gasteiger partial charge in [-0.05, 0) is 19.3 Å². The summed E-state index contributed by atoms with van der Waals surface area (Å²) in [6.07, 6.45) is 18.4. The van der Waals surface area contributed by atoms with Gasteiger partial charge >= 0.3 is 0 Å². The summed E-state index contributed by atoms with van der Waals surface area (Å²) < 4.78 is 0. The highest BCUT2D eigenvalue weighted by Crippen LogP contribution is 2.20. The van der Waals surface area contributed by atoms with Gasteiger partial charge in [-0.15, -0.1) is 0 Å². The van der Waals surface area contributed by atoms with Crippen LogP contribution in [0.25, 0.3) is 0 Å². The third kappa shape index (κ3) is 8.57. The van der Waals surface area contributed by atoms with E-state index in [1.54, 1.807) is 0 Å². The summed E-state index contributed by atoms with van der Waals surface area (Å²) >= 11 is 0. The highest BCUT2D eigenvalue weighted by Gasteiger charge is 2.11. The molecule has 0 bridgehead atoms. The van der Waals surface area contributed by atoms with Gasteiger partial charge in [-0.25, -0.2) is 5.84 Å². The van der Waals surface area contributed by atoms with E-state index in [-0.39, 0.29) is 0 Å². The summed E-state index contributed by atoms with van der Waals surface area (Å²) in [5.74, 6) is 6.66. The van der Waals surface area contributed by atoms with Crippen molar-refractivity contribution in [3.05, 3.63) is 0 Å². The van der Waals surface area contributed by atoms with Crippen molar-refractivity contribution in [2.45, 2.75) is 103 Å². The van der Waals surface area contributed by atoms with Crippen LogP contribution in [-0.4, -0.2) is 11.9 Å². The van der Waals surface area contributed by atoms with Crippen LogP contribution in [0.5, 0.6) is 0 Å². The Hall–Kier alpha value is -0.570. The molecule has 3 N–H and O–H groups in total. The number of nitrogens with two attached hydrogens (primary N) is 1. The zero-order valence-electron chi connectivity index (χ0n) is 13.5. The molecule has 3 nitrogen and oxygen atoms in total. The van der Waals surface area contributed by atoms with Crippen LogP contribution in [0.15, 0.2) is 4.99 Å². The standard InChI is InChI=1S/C17H35N3/c1-2-3-4-5-6-7-12-15-17(20-18)19-16-13-10-8-9-11-14-16/h16H,2-15,18H2,1H3,(H,19,20). The van der Waals surface area contributed by atoms with E-state index < -0.39 is 0 Å². The first-order valence-electron chi connectivity index (χ1n) is 8.90. The SMILES string of the molecule is CCCCCCCCCC(=NC1CCCCCC1)NN. The fourth-order valence-electron chi connectivity index (χ4n) is 3.03. The number of rotatable bonds is 9. The number of hydrogen-bond acceptors (Lipinski definition) is 2. The fourth-order valence-corrected chi connectivity index (χ4v) is 3.03. The Labute approximate surface area is 125 Å². The van der Waals surface area contributed by atoms with Crippen LogP contribution < -0.4 is 11.3 Å². The van der Waals surface area contributed by atoms with Gasteiger partial charge in [0.1, 0.15) is 5.84 Å². The monoisotopic (exact) mass is 281 g/mol. The number of hydrogen-bond donors (Lipinski definition) is 2. The second-order valence-electron chi connectivity index (χ2n) is 6.24. The molecule has 0 aromatic heterocycles. The van der Waals surface area contributed by atoms with Crippen LogP contribution in [0, 0.1) is 0 Å². The Morgan fingerprint density at radius 3 is 2.15 bits per heavy atom. The maximum atomic E-state index is 5.63. The van der Waals surface area contributed by atoms with E-state index in [9.17, 15) is 0 Å². The van der Waals surface area contributed by atoms with Crippen molar-refractivity contribution >= 4 is 5.84 Å². The smallest absolute Gasteiger partial charge is 0.111 e. The van der Waals surface area contributed by atoms with Crippen LogP contribution in [0.1, 0.15) is 96.8 Å². The summed E-state index contributed by atoms with van der Waals surface area (Å²) in [6, 6.07) is 0.521. The van der Waals surface area contributed by atoms with Crippen LogP contribution in [0.2, 0.25) is 0 Å². The average Bonchev–Trinajstić information content (AvgIpc) is 2.73. The molecule has 3 heteroatoms. The van der Waals surface area contributed by atoms with Gasteiger partial charge in [-0.1, -0.05) is 71.1 Å². The lowest BCUT2D eigenvalue weighted by atomic mass is 10.1. The molecule has 0 heterocycles. The first-order valence-corrected chi connectivity index (χ1v) is 8.90. The van der Waals surface area contributed by atoms with E-state index in [1.807, 2.05) is 0 Å². The molecule has 0 atom stereocenters. The van der Waals surface area contributed by atoms with E-state index in [0.29, 0.717) is 6.04 Å². The molecule has 20 heavy (non-hydrogen) atoms. The lowest BCUT2D eigenvalue weighted by Crippen LogP contribution is -2.31. The Morgan fingerprint density at radius 2 is 1.55 bits per heavy atom. The molecule has 1 aliphatic carbocycles. The fraction of sp³-hybridized carbons (Fsp3) is 0.941. The zero-order chi connectivity index (χ0) is 14.5. The topological polar surface area (TPSA) is 50.4 Å². The Kier molecular flexibility index (Phi) is 10.7. The largest absolute Gasteiger partial charge is 0.312 e. The molecule has 0 radical (unpaired) electrons. The van der Waals surface area contributed by atoms with E-state index in [0.717, 1.165) is 12.3 Å². The van der Waals surface area contributed by atoms with E-state index in [2.05, 4.69) is 12.3 Å². The maximum Gasteiger partial charge on any atom is 0.111 e. The first kappa shape index (κ1) is 17.5. The van der Waals surface area contributed by atoms with Gasteiger partial charge < -0.3 is 5.43 Å². The highest BCUT2D eigenvalue weighted by molar-refractivity contribution is 5.81. The highest BCUT2D eigenvalue weighted by atomic mass is 15.3. The van der Waals surface area contributed by atoms with Crippen molar-refractivity contribution in [1.82, 2.24) is 5.43 Å². The molecule has 0 spiro atoms. The Balaban J connectivity index is 2.14. The normalized spacial score (nSPS) is 18.0. The van der Waals surface area contributed by atoms with Crippen molar-refractivity contribution in [2.24, 2.45) is 10.8 Å². The number of hydrazine groups is 1. The maximum absolute atomic E-state index is 5.63. The van der Waals surface area contributed by atoms with Gasteiger partial charge in [0.05, 0.1) is 6.04 Å². The molecule has 0 aromatic rings. The minimum Gasteiger partial charge on any atom is -0.312 e. The summed E-state index contributed by atoms with van der Waals surface area (Å²) in [5.41, 5.74) is 2.83. The predicted octanol–water partition coefficient (Wildman–Crippen LogP) is 4.71. The predicted molar refractivity (Wildman–Crippen MR) is 88.9 cm³/mol. The second kappa shape index (κ2) is 12.2. The van der Waals surface area contributed by atoms with Gasteiger partial charge in [0.15, 0.2) is 0 Å². The van der Waals surface area contributed by atoms with Crippen molar-refractivity contribution < 1.29 is 0 Å². The minimum absolute atomic E-state index is 0.521. The lowest BCUT2D eigenvalue weighted by molar-refractivity contribution is 0.573. The minimum atomic E-state index is 0.521. The van der Waals surface area contributed by atoms with Gasteiger partial charge in [0.25, 0.3) is 0 Å². The summed E-state index contributed by atoms with van der Waals surface area (Å²) in [6.45, 7) is 2.27. The number of amidine groups is 1. The Morgan fingerprint density at radius 1 is 0.950 bits per heavy atom. The summed E-state index contributed by atoms with van der Waals surface area (Å²) in [5, 5.41) is 0. The van der Waals surface area contributed by atoms with Gasteiger partial charge in [-0.3, -0.25) is 4.99 Å². The Bertz CT molecular complexity index is 243. The first-order chi connectivity index (χ1) is 9.86. The van der Waals surface area contributed by atoms with Crippen molar-refractivity contribution in [3.8, 4) is 0 Å². The molecule has 1 saturated carbocycles. The third-order valence-electron chi connectivity index (χ3n) is 4.35. The molecular formula is C17H35N3. The summed E-state index contributed by atoms with van der Waals surface area (Å²) in [4.78, 5) is 4.84. The van der Waals surface area contributed by atoms with Crippen LogP contribution >= 0.6 is 0 Å². The second-order valence-corrected chi connectivity index (χ2v) is 6.24. The molecule has 0 aromatic carbocycles. The van der Waals surface area contributed by atoms with Gasteiger partial charge in [0.2, 0.25) is 0 Å². The number of nitrogens with zero attached hydrogens (tertiary/aromatic N) is 1. The molecular weight excluding hydrogens is 246 g/mol. The van der Waals surface area contributed by atoms with Gasteiger partial charge in [-0.2, -0.15) is 0 Å². The van der Waals surface area contributed by atoms with Crippen LogP contribution in [-0.2, 0) is 0 Å². The molecule has 0 aliphatic heterocycles. The summed E-state index contributed by atoms with van der Waals surface area (Å²) in [7, 11) is 0. The number of aliphatic imine (C=N–C) groups is 1. The van der Waals surface area contributed by atoms with Crippen molar-refractivity contribution in [1.29, 1.82) is 0 Å². The van der Waals surface area contributed by atoms with Gasteiger partial charge in [0, 0.05) is 6.42 Å². The van der Waals surface area contributed by atoms with E-state index in [4.69, 9.17) is 10.8 Å². The quantitative estimate of drug-likeness (QED) is 0.160. The number of nitrogens with one attached hydrogen (secondary N) is 1. The van der Waals surface area contributed by atoms with Crippen LogP contribution in [0.3, 0.4) is 0 Å². The third-order valence-corrected chi connectivity index (χ3v) is 4.35. The van der Waals surface area contributed by atoms with E-state index in [1.165, 1.54) is 83.5 Å². The molecule has 0 amide bonds. The molecule has 118 valence electrons. The van der Waals surface area contributed by atoms with Crippen LogP contribution in [0.4, 0.5) is 0 Å². The van der Waals surface area contributed by atoms with Crippen molar-refractivity contribution in [3.63, 3.8) is 0 Å². The molecule has 1 fully saturated rings. The molecule has 1 aliphatic rings. The molecule has 0 unspecified atom stereocenters. The number of unbranched alkanes of at least 4 members (excludes halogenated alkanes) is 6. The average molecular weight is 281 g/mol. The molecule has 1 rings (SSSR count). The van der Waals surface area contributed by atoms with E-state index >= 15 is 0 Å².